The number of hydrogen-bond acceptors (Lipinski definition) is 2. The van der Waals surface area contributed by atoms with Gasteiger partial charge in [0.25, 0.3) is 0 Å². The molecule has 1 heterocycles. The minimum atomic E-state index is 0.0774. The summed E-state index contributed by atoms with van der Waals surface area (Å²) in [4.78, 5) is 13.4. The zero-order valence-electron chi connectivity index (χ0n) is 7.83. The Bertz CT molecular complexity index is 203. The number of amides is 2. The molecule has 1 saturated heterocycles. The summed E-state index contributed by atoms with van der Waals surface area (Å²) in [5, 5.41) is 2.86. The Balaban J connectivity index is 1.98. The lowest BCUT2D eigenvalue weighted by molar-refractivity contribution is 0.154. The second-order valence-corrected chi connectivity index (χ2v) is 3.92. The van der Waals surface area contributed by atoms with Crippen LogP contribution >= 0.6 is 0 Å². The van der Waals surface area contributed by atoms with Crippen LogP contribution < -0.4 is 11.1 Å². The van der Waals surface area contributed by atoms with E-state index in [2.05, 4.69) is 5.32 Å². The molecule has 0 aromatic rings. The zero-order chi connectivity index (χ0) is 9.26. The Hall–Kier alpha value is -0.770. The van der Waals surface area contributed by atoms with Gasteiger partial charge in [0.15, 0.2) is 0 Å². The van der Waals surface area contributed by atoms with Crippen molar-refractivity contribution >= 4 is 6.03 Å². The average molecular weight is 183 g/mol. The molecule has 3 N–H and O–H groups in total. The maximum absolute atomic E-state index is 11.5. The monoisotopic (exact) mass is 183 g/mol. The summed E-state index contributed by atoms with van der Waals surface area (Å²) in [7, 11) is 0. The van der Waals surface area contributed by atoms with Crippen LogP contribution in [0.5, 0.6) is 0 Å². The first-order valence-corrected chi connectivity index (χ1v) is 5.07. The average Bonchev–Trinajstić information content (AvgIpc) is 2.93. The lowest BCUT2D eigenvalue weighted by Gasteiger charge is -2.34. The van der Waals surface area contributed by atoms with E-state index in [4.69, 9.17) is 5.73 Å². The summed E-state index contributed by atoms with van der Waals surface area (Å²) in [6, 6.07) is 0.369. The molecule has 2 amide bonds. The van der Waals surface area contributed by atoms with Crippen LogP contribution in [0.25, 0.3) is 0 Å². The lowest BCUT2D eigenvalue weighted by atomic mass is 10.1. The van der Waals surface area contributed by atoms with Gasteiger partial charge in [-0.15, -0.1) is 0 Å². The normalized spacial score (nSPS) is 25.6. The second-order valence-electron chi connectivity index (χ2n) is 3.92. The lowest BCUT2D eigenvalue weighted by Crippen LogP contribution is -2.54. The summed E-state index contributed by atoms with van der Waals surface area (Å²) in [5.74, 6) is 0.675. The van der Waals surface area contributed by atoms with Gasteiger partial charge in [-0.1, -0.05) is 0 Å². The molecule has 1 aliphatic heterocycles. The SMILES string of the molecule is NCC(C1CC1)N1CCCNC1=O. The summed E-state index contributed by atoms with van der Waals surface area (Å²) in [6.45, 7) is 2.31. The van der Waals surface area contributed by atoms with Crippen molar-refractivity contribution in [3.63, 3.8) is 0 Å². The first-order chi connectivity index (χ1) is 6.33. The Labute approximate surface area is 78.5 Å². The minimum absolute atomic E-state index is 0.0774. The molecule has 74 valence electrons. The fourth-order valence-corrected chi connectivity index (χ4v) is 2.02. The Morgan fingerprint density at radius 2 is 2.38 bits per heavy atom. The van der Waals surface area contributed by atoms with Gasteiger partial charge in [0.05, 0.1) is 0 Å². The Morgan fingerprint density at radius 3 is 2.92 bits per heavy atom. The van der Waals surface area contributed by atoms with Gasteiger partial charge in [-0.05, 0) is 25.2 Å². The number of rotatable bonds is 3. The molecule has 1 atom stereocenters. The van der Waals surface area contributed by atoms with Crippen molar-refractivity contribution in [1.82, 2.24) is 10.2 Å². The second kappa shape index (κ2) is 3.54. The minimum Gasteiger partial charge on any atom is -0.338 e. The van der Waals surface area contributed by atoms with Crippen LogP contribution in [-0.4, -0.2) is 36.6 Å². The van der Waals surface area contributed by atoms with Crippen LogP contribution in [0.3, 0.4) is 0 Å². The molecule has 0 radical (unpaired) electrons. The van der Waals surface area contributed by atoms with E-state index in [0.717, 1.165) is 19.5 Å². The topological polar surface area (TPSA) is 58.4 Å². The molecule has 2 rings (SSSR count). The molecule has 2 aliphatic rings. The highest BCUT2D eigenvalue weighted by molar-refractivity contribution is 5.75. The summed E-state index contributed by atoms with van der Waals surface area (Å²) in [6.07, 6.45) is 3.53. The first-order valence-electron chi connectivity index (χ1n) is 5.07. The molecule has 0 bridgehead atoms. The highest BCUT2D eigenvalue weighted by Gasteiger charge is 2.37. The summed E-state index contributed by atoms with van der Waals surface area (Å²) < 4.78 is 0. The highest BCUT2D eigenvalue weighted by atomic mass is 16.2. The molecule has 1 unspecified atom stereocenters. The number of hydrogen-bond donors (Lipinski definition) is 2. The van der Waals surface area contributed by atoms with E-state index in [1.807, 2.05) is 4.90 Å². The third kappa shape index (κ3) is 1.77. The van der Waals surface area contributed by atoms with Crippen molar-refractivity contribution in [3.8, 4) is 0 Å². The van der Waals surface area contributed by atoms with Gasteiger partial charge >= 0.3 is 6.03 Å². The molecule has 4 nitrogen and oxygen atoms in total. The maximum atomic E-state index is 11.5. The number of carbonyl (C=O) groups is 1. The number of nitrogens with zero attached hydrogens (tertiary/aromatic N) is 1. The van der Waals surface area contributed by atoms with Crippen molar-refractivity contribution < 1.29 is 4.79 Å². The van der Waals surface area contributed by atoms with Crippen LogP contribution in [-0.2, 0) is 0 Å². The van der Waals surface area contributed by atoms with Crippen LogP contribution in [0.15, 0.2) is 0 Å². The fourth-order valence-electron chi connectivity index (χ4n) is 2.02. The van der Waals surface area contributed by atoms with Gasteiger partial charge in [0.1, 0.15) is 0 Å². The molecule has 0 spiro atoms. The van der Waals surface area contributed by atoms with E-state index in [1.54, 1.807) is 0 Å². The summed E-state index contributed by atoms with van der Waals surface area (Å²) in [5.41, 5.74) is 5.69. The predicted molar refractivity (Wildman–Crippen MR) is 50.3 cm³/mol. The van der Waals surface area contributed by atoms with Gasteiger partial charge < -0.3 is 16.0 Å². The molecule has 13 heavy (non-hydrogen) atoms. The largest absolute Gasteiger partial charge is 0.338 e. The maximum Gasteiger partial charge on any atom is 0.317 e. The van der Waals surface area contributed by atoms with Crippen molar-refractivity contribution in [2.24, 2.45) is 11.7 Å². The molecular weight excluding hydrogens is 166 g/mol. The van der Waals surface area contributed by atoms with Crippen LogP contribution in [0, 0.1) is 5.92 Å². The van der Waals surface area contributed by atoms with E-state index in [0.29, 0.717) is 18.5 Å². The quantitative estimate of drug-likeness (QED) is 0.654. The van der Waals surface area contributed by atoms with Gasteiger partial charge in [-0.25, -0.2) is 4.79 Å². The number of nitrogens with two attached hydrogens (primary N) is 1. The highest BCUT2D eigenvalue weighted by Crippen LogP contribution is 2.35. The van der Waals surface area contributed by atoms with Crippen molar-refractivity contribution in [3.05, 3.63) is 0 Å². The molecule has 2 fully saturated rings. The van der Waals surface area contributed by atoms with Crippen molar-refractivity contribution in [2.75, 3.05) is 19.6 Å². The molecule has 0 aromatic carbocycles. The molecule has 1 saturated carbocycles. The Morgan fingerprint density at radius 1 is 1.62 bits per heavy atom. The van der Waals surface area contributed by atoms with Crippen LogP contribution in [0.2, 0.25) is 0 Å². The summed E-state index contributed by atoms with van der Waals surface area (Å²) >= 11 is 0. The molecule has 0 aromatic heterocycles. The van der Waals surface area contributed by atoms with Crippen LogP contribution in [0.4, 0.5) is 4.79 Å². The first kappa shape index (κ1) is 8.81. The number of urea groups is 1. The third-order valence-electron chi connectivity index (χ3n) is 2.92. The zero-order valence-corrected chi connectivity index (χ0v) is 7.83. The predicted octanol–water partition coefficient (Wildman–Crippen LogP) is 0.139. The number of carbonyl (C=O) groups excluding carboxylic acids is 1. The van der Waals surface area contributed by atoms with E-state index in [9.17, 15) is 4.79 Å². The van der Waals surface area contributed by atoms with Crippen LogP contribution in [0.1, 0.15) is 19.3 Å². The Kier molecular flexibility index (Phi) is 2.40. The molecular formula is C9H17N3O. The number of nitrogens with one attached hydrogen (secondary N) is 1. The third-order valence-corrected chi connectivity index (χ3v) is 2.92. The van der Waals surface area contributed by atoms with Gasteiger partial charge in [0.2, 0.25) is 0 Å². The van der Waals surface area contributed by atoms with Crippen molar-refractivity contribution in [1.29, 1.82) is 0 Å². The van der Waals surface area contributed by atoms with E-state index in [-0.39, 0.29) is 6.03 Å². The molecule has 4 heteroatoms. The smallest absolute Gasteiger partial charge is 0.317 e. The van der Waals surface area contributed by atoms with Gasteiger partial charge in [0, 0.05) is 25.7 Å². The van der Waals surface area contributed by atoms with E-state index >= 15 is 0 Å². The van der Waals surface area contributed by atoms with Gasteiger partial charge in [-0.3, -0.25) is 0 Å². The fraction of sp³-hybridized carbons (Fsp3) is 0.889. The van der Waals surface area contributed by atoms with E-state index < -0.39 is 0 Å². The molecule has 1 aliphatic carbocycles. The van der Waals surface area contributed by atoms with Crippen molar-refractivity contribution in [2.45, 2.75) is 25.3 Å². The standard InChI is InChI=1S/C9H17N3O/c10-6-8(7-2-3-7)12-5-1-4-11-9(12)13/h7-8H,1-6,10H2,(H,11,13). The van der Waals surface area contributed by atoms with E-state index in [1.165, 1.54) is 12.8 Å². The van der Waals surface area contributed by atoms with Gasteiger partial charge in [-0.2, -0.15) is 0 Å².